The zero-order valence-corrected chi connectivity index (χ0v) is 13.7. The van der Waals surface area contributed by atoms with E-state index in [1.807, 2.05) is 18.2 Å². The summed E-state index contributed by atoms with van der Waals surface area (Å²) in [6.45, 7) is 3.48. The molecule has 1 aromatic carbocycles. The van der Waals surface area contributed by atoms with Gasteiger partial charge in [0.15, 0.2) is 0 Å². The van der Waals surface area contributed by atoms with Crippen LogP contribution in [-0.2, 0) is 0 Å². The second-order valence-corrected chi connectivity index (χ2v) is 5.77. The zero-order valence-electron chi connectivity index (χ0n) is 10.5. The average Bonchev–Trinajstić information content (AvgIpc) is 2.38. The Morgan fingerprint density at radius 2 is 2.05 bits per heavy atom. The number of hydrogen-bond donors (Lipinski definition) is 1. The summed E-state index contributed by atoms with van der Waals surface area (Å²) in [6, 6.07) is 5.92. The monoisotopic (exact) mass is 370 g/mol. The highest BCUT2D eigenvalue weighted by molar-refractivity contribution is 9.10. The van der Waals surface area contributed by atoms with Gasteiger partial charge in [-0.3, -0.25) is 9.29 Å². The van der Waals surface area contributed by atoms with Crippen LogP contribution in [0, 0.1) is 0 Å². The van der Waals surface area contributed by atoms with Crippen LogP contribution in [0.25, 0.3) is 0 Å². The molecule has 1 N–H and O–H groups in total. The number of nitrogens with zero attached hydrogens (tertiary/aromatic N) is 1. The molecule has 2 nitrogen and oxygen atoms in total. The fourth-order valence-electron chi connectivity index (χ4n) is 2.40. The Bertz CT molecular complexity index is 400. The van der Waals surface area contributed by atoms with Gasteiger partial charge in [0, 0.05) is 41.7 Å². The second-order valence-electron chi connectivity index (χ2n) is 4.45. The lowest BCUT2D eigenvalue weighted by Crippen LogP contribution is -2.45. The second kappa shape index (κ2) is 8.42. The van der Waals surface area contributed by atoms with Crippen LogP contribution in [0.2, 0.25) is 5.02 Å². The lowest BCUT2D eigenvalue weighted by atomic mass is 10.0. The van der Waals surface area contributed by atoms with E-state index in [1.165, 1.54) is 0 Å². The van der Waals surface area contributed by atoms with Crippen molar-refractivity contribution in [2.24, 2.45) is 0 Å². The first-order valence-corrected chi connectivity index (χ1v) is 7.35. The van der Waals surface area contributed by atoms with Crippen molar-refractivity contribution in [2.45, 2.75) is 12.5 Å². The van der Waals surface area contributed by atoms with Gasteiger partial charge in [0.2, 0.25) is 0 Å². The van der Waals surface area contributed by atoms with E-state index in [9.17, 15) is 4.39 Å². The molecular formula is C13H18BrCl2FN2. The average molecular weight is 372 g/mol. The van der Waals surface area contributed by atoms with Gasteiger partial charge in [0.25, 0.3) is 0 Å². The summed E-state index contributed by atoms with van der Waals surface area (Å²) in [5.74, 6) is 0. The van der Waals surface area contributed by atoms with Crippen LogP contribution in [0.15, 0.2) is 22.7 Å². The van der Waals surface area contributed by atoms with E-state index in [1.54, 1.807) is 0 Å². The number of hydrogen-bond acceptors (Lipinski definition) is 2. The smallest absolute Gasteiger partial charge is 0.0912 e. The molecule has 1 aliphatic heterocycles. The van der Waals surface area contributed by atoms with Crippen molar-refractivity contribution in [3.63, 3.8) is 0 Å². The Balaban J connectivity index is 0.00000180. The fourth-order valence-corrected chi connectivity index (χ4v) is 3.20. The molecule has 1 atom stereocenters. The van der Waals surface area contributed by atoms with Gasteiger partial charge < -0.3 is 5.32 Å². The molecular weight excluding hydrogens is 354 g/mol. The minimum Gasteiger partial charge on any atom is -0.314 e. The largest absolute Gasteiger partial charge is 0.314 e. The maximum absolute atomic E-state index is 12.8. The SMILES string of the molecule is Cl.FCC[C@@H](c1ccc(Br)cc1Cl)N1CCNCC1. The number of nitrogens with one attached hydrogen (secondary N) is 1. The van der Waals surface area contributed by atoms with Crippen molar-refractivity contribution >= 4 is 39.9 Å². The third-order valence-electron chi connectivity index (χ3n) is 3.30. The van der Waals surface area contributed by atoms with E-state index in [-0.39, 0.29) is 25.1 Å². The molecule has 19 heavy (non-hydrogen) atoms. The van der Waals surface area contributed by atoms with Gasteiger partial charge in [-0.25, -0.2) is 0 Å². The lowest BCUT2D eigenvalue weighted by Gasteiger charge is -2.35. The Morgan fingerprint density at radius 3 is 2.63 bits per heavy atom. The molecule has 0 unspecified atom stereocenters. The van der Waals surface area contributed by atoms with Gasteiger partial charge in [-0.05, 0) is 24.1 Å². The van der Waals surface area contributed by atoms with E-state index < -0.39 is 0 Å². The van der Waals surface area contributed by atoms with Gasteiger partial charge in [-0.15, -0.1) is 12.4 Å². The first-order chi connectivity index (χ1) is 8.72. The van der Waals surface area contributed by atoms with Crippen molar-refractivity contribution in [1.29, 1.82) is 0 Å². The van der Waals surface area contributed by atoms with E-state index in [2.05, 4.69) is 26.1 Å². The van der Waals surface area contributed by atoms with Crippen LogP contribution in [0.4, 0.5) is 4.39 Å². The minimum atomic E-state index is -0.318. The van der Waals surface area contributed by atoms with Crippen LogP contribution in [-0.4, -0.2) is 37.8 Å². The number of benzene rings is 1. The van der Waals surface area contributed by atoms with Crippen molar-refractivity contribution in [3.8, 4) is 0 Å². The van der Waals surface area contributed by atoms with Crippen molar-refractivity contribution in [2.75, 3.05) is 32.9 Å². The van der Waals surface area contributed by atoms with Gasteiger partial charge >= 0.3 is 0 Å². The Labute approximate surface area is 133 Å². The maximum atomic E-state index is 12.8. The van der Waals surface area contributed by atoms with Gasteiger partial charge in [-0.1, -0.05) is 33.6 Å². The van der Waals surface area contributed by atoms with Crippen LogP contribution < -0.4 is 5.32 Å². The number of alkyl halides is 1. The molecule has 1 aromatic rings. The molecule has 1 aliphatic rings. The van der Waals surface area contributed by atoms with Crippen LogP contribution in [0.5, 0.6) is 0 Å². The van der Waals surface area contributed by atoms with Crippen molar-refractivity contribution in [3.05, 3.63) is 33.3 Å². The molecule has 0 amide bonds. The molecule has 0 aromatic heterocycles. The third-order valence-corrected chi connectivity index (χ3v) is 4.12. The molecule has 0 spiro atoms. The highest BCUT2D eigenvalue weighted by Gasteiger charge is 2.23. The van der Waals surface area contributed by atoms with Crippen LogP contribution >= 0.6 is 39.9 Å². The third kappa shape index (κ3) is 4.57. The van der Waals surface area contributed by atoms with E-state index >= 15 is 0 Å². The predicted octanol–water partition coefficient (Wildman–Crippen LogP) is 3.83. The zero-order chi connectivity index (χ0) is 13.0. The Kier molecular flexibility index (Phi) is 7.62. The standard InChI is InChI=1S/C13H17BrClFN2.ClH/c14-10-1-2-11(12(15)9-10)13(3-4-16)18-7-5-17-6-8-18;/h1-2,9,13,17H,3-8H2;1H/t13-;/m0./s1. The topological polar surface area (TPSA) is 15.3 Å². The first-order valence-electron chi connectivity index (χ1n) is 6.18. The maximum Gasteiger partial charge on any atom is 0.0912 e. The molecule has 1 heterocycles. The summed E-state index contributed by atoms with van der Waals surface area (Å²) in [4.78, 5) is 2.31. The fraction of sp³-hybridized carbons (Fsp3) is 0.538. The summed E-state index contributed by atoms with van der Waals surface area (Å²) in [6.07, 6.45) is 0.501. The lowest BCUT2D eigenvalue weighted by molar-refractivity contribution is 0.157. The molecule has 0 saturated carbocycles. The number of rotatable bonds is 4. The Hall–Kier alpha value is 0.130. The highest BCUT2D eigenvalue weighted by atomic mass is 79.9. The molecule has 1 saturated heterocycles. The molecule has 0 aliphatic carbocycles. The Morgan fingerprint density at radius 1 is 1.37 bits per heavy atom. The summed E-state index contributed by atoms with van der Waals surface area (Å²) in [5, 5.41) is 4.02. The predicted molar refractivity (Wildman–Crippen MR) is 84.2 cm³/mol. The molecule has 1 fully saturated rings. The van der Waals surface area contributed by atoms with Gasteiger partial charge in [-0.2, -0.15) is 0 Å². The van der Waals surface area contributed by atoms with Gasteiger partial charge in [0.05, 0.1) is 6.67 Å². The van der Waals surface area contributed by atoms with E-state index in [0.717, 1.165) is 36.2 Å². The van der Waals surface area contributed by atoms with Crippen molar-refractivity contribution in [1.82, 2.24) is 10.2 Å². The summed E-state index contributed by atoms with van der Waals surface area (Å²) in [7, 11) is 0. The molecule has 6 heteroatoms. The summed E-state index contributed by atoms with van der Waals surface area (Å²) in [5.41, 5.74) is 1.03. The number of halogens is 4. The first kappa shape index (κ1) is 17.2. The molecule has 0 bridgehead atoms. The quantitative estimate of drug-likeness (QED) is 0.865. The van der Waals surface area contributed by atoms with Crippen LogP contribution in [0.3, 0.4) is 0 Å². The minimum absolute atomic E-state index is 0. The van der Waals surface area contributed by atoms with Crippen LogP contribution in [0.1, 0.15) is 18.0 Å². The van der Waals surface area contributed by atoms with E-state index in [4.69, 9.17) is 11.6 Å². The number of piperazine rings is 1. The van der Waals surface area contributed by atoms with Gasteiger partial charge in [0.1, 0.15) is 0 Å². The molecule has 0 radical (unpaired) electrons. The van der Waals surface area contributed by atoms with Crippen molar-refractivity contribution < 1.29 is 4.39 Å². The molecule has 2 rings (SSSR count). The normalized spacial score (nSPS) is 17.8. The summed E-state index contributed by atoms with van der Waals surface area (Å²) < 4.78 is 13.8. The highest BCUT2D eigenvalue weighted by Crippen LogP contribution is 2.32. The van der Waals surface area contributed by atoms with E-state index in [0.29, 0.717) is 11.4 Å². The molecule has 108 valence electrons. The summed E-state index contributed by atoms with van der Waals surface area (Å²) >= 11 is 9.68.